The molecule has 1 aromatic carbocycles. The number of fused-ring (bicyclic) bond motifs is 1. The summed E-state index contributed by atoms with van der Waals surface area (Å²) in [4.78, 5) is 15.6. The third kappa shape index (κ3) is 4.20. The molecule has 1 atom stereocenters. The number of nitrogens with one attached hydrogen (secondary N) is 2. The Morgan fingerprint density at radius 1 is 1.03 bits per heavy atom. The van der Waals surface area contributed by atoms with Gasteiger partial charge in [-0.2, -0.15) is 5.10 Å². The van der Waals surface area contributed by atoms with Gasteiger partial charge < -0.3 is 15.0 Å². The lowest BCUT2D eigenvalue weighted by atomic mass is 9.72. The zero-order valence-corrected chi connectivity index (χ0v) is 20.8. The summed E-state index contributed by atoms with van der Waals surface area (Å²) in [6.45, 7) is 6.18. The molecule has 180 valence electrons. The minimum atomic E-state index is -0.354. The number of H-pyrrole nitrogens is 1. The second kappa shape index (κ2) is 8.93. The topological polar surface area (TPSA) is 91.8 Å². The molecule has 8 nitrogen and oxygen atoms in total. The van der Waals surface area contributed by atoms with Crippen LogP contribution in [0, 0.1) is 5.41 Å². The summed E-state index contributed by atoms with van der Waals surface area (Å²) in [7, 11) is 0. The van der Waals surface area contributed by atoms with Crippen LogP contribution < -0.4 is 15.0 Å². The van der Waals surface area contributed by atoms with Gasteiger partial charge in [0.1, 0.15) is 17.5 Å². The average Bonchev–Trinajstić information content (AvgIpc) is 3.26. The summed E-state index contributed by atoms with van der Waals surface area (Å²) in [5.41, 5.74) is 3.67. The predicted molar refractivity (Wildman–Crippen MR) is 137 cm³/mol. The fourth-order valence-electron chi connectivity index (χ4n) is 5.14. The molecule has 2 N–H and O–H groups in total. The van der Waals surface area contributed by atoms with Crippen molar-refractivity contribution in [1.82, 2.24) is 30.5 Å². The summed E-state index contributed by atoms with van der Waals surface area (Å²) >= 11 is 12.6. The highest BCUT2D eigenvalue weighted by Crippen LogP contribution is 2.40. The van der Waals surface area contributed by atoms with E-state index in [2.05, 4.69) is 35.4 Å². The van der Waals surface area contributed by atoms with Crippen LogP contribution in [-0.4, -0.2) is 51.3 Å². The van der Waals surface area contributed by atoms with E-state index in [9.17, 15) is 0 Å². The van der Waals surface area contributed by atoms with Crippen molar-refractivity contribution in [3.63, 3.8) is 0 Å². The first-order chi connectivity index (χ1) is 17.0. The van der Waals surface area contributed by atoms with Crippen LogP contribution in [0.2, 0.25) is 10.0 Å². The van der Waals surface area contributed by atoms with Crippen LogP contribution in [-0.2, 0) is 0 Å². The molecule has 6 rings (SSSR count). The second-order valence-corrected chi connectivity index (χ2v) is 10.2. The van der Waals surface area contributed by atoms with Crippen molar-refractivity contribution >= 4 is 40.1 Å². The monoisotopic (exact) mass is 509 g/mol. The van der Waals surface area contributed by atoms with Gasteiger partial charge in [-0.1, -0.05) is 23.2 Å². The average molecular weight is 510 g/mol. The quantitative estimate of drug-likeness (QED) is 0.388. The Balaban J connectivity index is 1.21. The largest absolute Gasteiger partial charge is 0.486 e. The van der Waals surface area contributed by atoms with Gasteiger partial charge in [0, 0.05) is 59.8 Å². The minimum absolute atomic E-state index is 0.354. The van der Waals surface area contributed by atoms with Gasteiger partial charge in [0.2, 0.25) is 5.95 Å². The summed E-state index contributed by atoms with van der Waals surface area (Å²) in [6.07, 6.45) is 8.92. The number of rotatable bonds is 5. The molecule has 2 aliphatic heterocycles. The Morgan fingerprint density at radius 2 is 1.74 bits per heavy atom. The zero-order valence-electron chi connectivity index (χ0n) is 19.3. The molecule has 0 saturated carbocycles. The lowest BCUT2D eigenvalue weighted by Gasteiger charge is -2.52. The fraction of sp³-hybridized carbons (Fsp3) is 0.360. The number of aromatic amines is 1. The van der Waals surface area contributed by atoms with Crippen LogP contribution >= 0.6 is 23.2 Å². The second-order valence-electron chi connectivity index (χ2n) is 9.43. The number of hydrogen-bond acceptors (Lipinski definition) is 7. The summed E-state index contributed by atoms with van der Waals surface area (Å²) in [6, 6.07) is 5.79. The van der Waals surface area contributed by atoms with Crippen molar-refractivity contribution in [1.29, 1.82) is 0 Å². The number of nitrogens with zero attached hydrogens (tertiary/aromatic N) is 5. The number of benzene rings is 1. The van der Waals surface area contributed by atoms with Crippen LogP contribution in [0.3, 0.4) is 0 Å². The Labute approximate surface area is 213 Å². The number of pyridine rings is 1. The van der Waals surface area contributed by atoms with Gasteiger partial charge in [-0.3, -0.25) is 10.1 Å². The molecular weight excluding hydrogens is 485 g/mol. The SMILES string of the molecule is CC(Oc1ccc2[nH]nc(-c3cnc(N4CC5(CCNCC5)C4)nc3)c2c1)c1c(Cl)cncc1Cl. The highest BCUT2D eigenvalue weighted by Gasteiger charge is 2.44. The molecule has 10 heteroatoms. The van der Waals surface area contributed by atoms with Gasteiger partial charge in [0.15, 0.2) is 0 Å². The maximum Gasteiger partial charge on any atom is 0.225 e. The number of piperidine rings is 1. The van der Waals surface area contributed by atoms with E-state index >= 15 is 0 Å². The van der Waals surface area contributed by atoms with Crippen LogP contribution in [0.5, 0.6) is 5.75 Å². The smallest absolute Gasteiger partial charge is 0.225 e. The minimum Gasteiger partial charge on any atom is -0.486 e. The molecule has 2 fully saturated rings. The highest BCUT2D eigenvalue weighted by molar-refractivity contribution is 6.35. The molecular formula is C25H25Cl2N7O. The Hall–Kier alpha value is -2.94. The molecule has 0 aliphatic carbocycles. The highest BCUT2D eigenvalue weighted by atomic mass is 35.5. The van der Waals surface area contributed by atoms with E-state index in [1.807, 2.05) is 37.5 Å². The third-order valence-electron chi connectivity index (χ3n) is 7.06. The molecule has 0 amide bonds. The van der Waals surface area contributed by atoms with Crippen molar-refractivity contribution in [2.24, 2.45) is 5.41 Å². The van der Waals surface area contributed by atoms with E-state index in [0.717, 1.165) is 54.3 Å². The van der Waals surface area contributed by atoms with E-state index in [-0.39, 0.29) is 6.10 Å². The Bertz CT molecular complexity index is 1340. The third-order valence-corrected chi connectivity index (χ3v) is 7.66. The zero-order chi connectivity index (χ0) is 24.0. The normalized spacial score (nSPS) is 18.0. The van der Waals surface area contributed by atoms with Gasteiger partial charge in [-0.25, -0.2) is 9.97 Å². The van der Waals surface area contributed by atoms with Crippen molar-refractivity contribution in [3.05, 3.63) is 58.6 Å². The first-order valence-corrected chi connectivity index (χ1v) is 12.5. The number of anilines is 1. The van der Waals surface area contributed by atoms with Gasteiger partial charge in [0.05, 0.1) is 15.6 Å². The standard InChI is InChI=1S/C25H25Cl2N7O/c1-15(22-19(26)11-29-12-20(22)27)35-17-2-3-21-18(8-17)23(33-32-21)16-9-30-24(31-10-16)34-13-25(14-34)4-6-28-7-5-25/h2-3,8-12,15,28H,4-7,13-14H2,1H3,(H,32,33). The van der Waals surface area contributed by atoms with E-state index in [1.165, 1.54) is 12.8 Å². The van der Waals surface area contributed by atoms with Gasteiger partial charge in [0.25, 0.3) is 0 Å². The van der Waals surface area contributed by atoms with Gasteiger partial charge in [-0.15, -0.1) is 0 Å². The number of ether oxygens (including phenoxy) is 1. The van der Waals surface area contributed by atoms with Crippen LogP contribution in [0.1, 0.15) is 31.4 Å². The van der Waals surface area contributed by atoms with Crippen molar-refractivity contribution < 1.29 is 4.74 Å². The Morgan fingerprint density at radius 3 is 2.46 bits per heavy atom. The van der Waals surface area contributed by atoms with Crippen molar-refractivity contribution in [3.8, 4) is 17.0 Å². The molecule has 4 aromatic rings. The van der Waals surface area contributed by atoms with Crippen LogP contribution in [0.25, 0.3) is 22.2 Å². The molecule has 35 heavy (non-hydrogen) atoms. The van der Waals surface area contributed by atoms with E-state index < -0.39 is 0 Å². The molecule has 3 aromatic heterocycles. The van der Waals surface area contributed by atoms with Crippen LogP contribution in [0.4, 0.5) is 5.95 Å². The lowest BCUT2D eigenvalue weighted by Crippen LogP contribution is -2.60. The molecule has 0 radical (unpaired) electrons. The fourth-order valence-corrected chi connectivity index (χ4v) is 5.82. The number of aromatic nitrogens is 5. The first kappa shape index (κ1) is 22.5. The summed E-state index contributed by atoms with van der Waals surface area (Å²) in [5.74, 6) is 1.46. The number of halogens is 2. The molecule has 1 unspecified atom stereocenters. The van der Waals surface area contributed by atoms with Crippen molar-refractivity contribution in [2.45, 2.75) is 25.9 Å². The number of hydrogen-bond donors (Lipinski definition) is 2. The lowest BCUT2D eigenvalue weighted by molar-refractivity contribution is 0.148. The van der Waals surface area contributed by atoms with Gasteiger partial charge in [-0.05, 0) is 51.1 Å². The first-order valence-electron chi connectivity index (χ1n) is 11.7. The summed E-state index contributed by atoms with van der Waals surface area (Å²) in [5, 5.41) is 12.9. The van der Waals surface area contributed by atoms with E-state index in [1.54, 1.807) is 12.4 Å². The molecule has 2 saturated heterocycles. The Kier molecular flexibility index (Phi) is 5.75. The maximum absolute atomic E-state index is 6.30. The molecule has 5 heterocycles. The molecule has 2 aliphatic rings. The summed E-state index contributed by atoms with van der Waals surface area (Å²) < 4.78 is 6.18. The van der Waals surface area contributed by atoms with E-state index in [4.69, 9.17) is 27.9 Å². The molecule has 1 spiro atoms. The van der Waals surface area contributed by atoms with Gasteiger partial charge >= 0.3 is 0 Å². The van der Waals surface area contributed by atoms with E-state index in [0.29, 0.717) is 26.8 Å². The molecule has 0 bridgehead atoms. The van der Waals surface area contributed by atoms with Crippen LogP contribution in [0.15, 0.2) is 43.0 Å². The maximum atomic E-state index is 6.30. The van der Waals surface area contributed by atoms with Crippen molar-refractivity contribution in [2.75, 3.05) is 31.1 Å². The predicted octanol–water partition coefficient (Wildman–Crippen LogP) is 5.05.